The predicted molar refractivity (Wildman–Crippen MR) is 284 cm³/mol. The molecule has 2 saturated heterocycles. The van der Waals surface area contributed by atoms with Gasteiger partial charge in [-0.25, -0.2) is 0 Å². The number of hydrogen-bond acceptors (Lipinski definition) is 11. The molecule has 0 bridgehead atoms. The molecule has 0 aliphatic carbocycles. The maximum absolute atomic E-state index is 13.6. The van der Waals surface area contributed by atoms with Gasteiger partial charge in [-0.3, -0.25) is 47.9 Å². The van der Waals surface area contributed by atoms with Crippen molar-refractivity contribution in [3.63, 3.8) is 0 Å². The first-order valence-corrected chi connectivity index (χ1v) is 27.5. The van der Waals surface area contributed by atoms with E-state index < -0.39 is 95.1 Å². The molecule has 0 aromatic heterocycles. The minimum Gasteiger partial charge on any atom is -0.355 e. The molecular weight excluding hydrogens is 951 g/mol. The van der Waals surface area contributed by atoms with Gasteiger partial charge >= 0.3 is 0 Å². The number of hydrogen-bond donors (Lipinski definition) is 9. The first-order valence-electron chi connectivity index (χ1n) is 27.5. The van der Waals surface area contributed by atoms with Crippen molar-refractivity contribution >= 4 is 59.1 Å². The highest BCUT2D eigenvalue weighted by atomic mass is 16.2. The lowest BCUT2D eigenvalue weighted by atomic mass is 9.97. The molecule has 2 fully saturated rings. The predicted octanol–water partition coefficient (Wildman–Crippen LogP) is 2.35. The van der Waals surface area contributed by atoms with Crippen LogP contribution in [0.5, 0.6) is 0 Å². The second kappa shape index (κ2) is 32.9. The van der Waals surface area contributed by atoms with E-state index in [1.165, 1.54) is 48.0 Å². The van der Waals surface area contributed by atoms with Gasteiger partial charge in [0, 0.05) is 39.0 Å². The van der Waals surface area contributed by atoms with Gasteiger partial charge in [0.05, 0.1) is 13.1 Å². The van der Waals surface area contributed by atoms with Crippen molar-refractivity contribution in [2.24, 2.45) is 5.92 Å². The molecule has 21 heteroatoms. The summed E-state index contributed by atoms with van der Waals surface area (Å²) in [4.78, 5) is 136. The summed E-state index contributed by atoms with van der Waals surface area (Å²) in [5.41, 5.74) is -4.52. The summed E-state index contributed by atoms with van der Waals surface area (Å²) in [6.07, 6.45) is 14.1. The normalized spacial score (nSPS) is 16.0. The van der Waals surface area contributed by atoms with Gasteiger partial charge in [0.2, 0.25) is 59.1 Å². The van der Waals surface area contributed by atoms with E-state index in [9.17, 15) is 47.9 Å². The lowest BCUT2D eigenvalue weighted by Gasteiger charge is -2.33. The van der Waals surface area contributed by atoms with Gasteiger partial charge in [-0.15, -0.1) is 0 Å². The zero-order valence-corrected chi connectivity index (χ0v) is 46.7. The number of piperidine rings is 1. The molecule has 0 radical (unpaired) electrons. The van der Waals surface area contributed by atoms with Crippen LogP contribution < -0.4 is 47.9 Å². The van der Waals surface area contributed by atoms with E-state index in [1.807, 2.05) is 13.8 Å². The van der Waals surface area contributed by atoms with Gasteiger partial charge < -0.3 is 57.7 Å². The second-order valence-electron chi connectivity index (χ2n) is 22.1. The average molecular weight is 1050 g/mol. The lowest BCUT2D eigenvalue weighted by molar-refractivity contribution is -0.139. The summed E-state index contributed by atoms with van der Waals surface area (Å²) in [7, 11) is 0. The fraction of sp³-hybridized carbons (Fsp3) is 0.811. The van der Waals surface area contributed by atoms with Crippen LogP contribution in [0.3, 0.4) is 0 Å². The standard InChI is InChI=1S/C53H95N11O10/c1-11-13-15-16-17-20-24-38(59-47(71)40-25-23-32-64(40)44(68)26-19-14-12-2)45(69)56-36-43(67)60-51(5,6)49(73)57-35-42(66)58-39(34-37(3)4)46(70)61-53(9,10)50(74)62-52(7,8)48(72)55-28-27-41(65)54-29-33-63-30-21-18-22-31-63/h37-40H,11-36H2,1-10H3,(H,54,65)(H,55,72)(H,56,69)(H,57,73)(H,58,66)(H,59,71)(H,60,67)(H,61,70)(H,62,74)/t38?,39-,40?/m0/s1. The monoisotopic (exact) mass is 1050 g/mol. The van der Waals surface area contributed by atoms with Crippen LogP contribution in [-0.2, 0) is 47.9 Å². The number of carbonyl (C=O) groups is 10. The zero-order chi connectivity index (χ0) is 55.5. The van der Waals surface area contributed by atoms with Crippen molar-refractivity contribution in [2.75, 3.05) is 52.4 Å². The van der Waals surface area contributed by atoms with Crippen molar-refractivity contribution in [2.45, 2.75) is 220 Å². The Kier molecular flexibility index (Phi) is 28.8. The van der Waals surface area contributed by atoms with Crippen LogP contribution in [0.25, 0.3) is 0 Å². The van der Waals surface area contributed by atoms with Crippen molar-refractivity contribution in [1.82, 2.24) is 57.7 Å². The number of nitrogens with zero attached hydrogens (tertiary/aromatic N) is 2. The summed E-state index contributed by atoms with van der Waals surface area (Å²) in [6.45, 7) is 19.4. The van der Waals surface area contributed by atoms with E-state index in [0.717, 1.165) is 83.8 Å². The Morgan fingerprint density at radius 1 is 0.527 bits per heavy atom. The first kappa shape index (κ1) is 64.8. The van der Waals surface area contributed by atoms with E-state index in [-0.39, 0.29) is 37.1 Å². The minimum atomic E-state index is -1.55. The largest absolute Gasteiger partial charge is 0.355 e. The lowest BCUT2D eigenvalue weighted by Crippen LogP contribution is -2.64. The zero-order valence-electron chi connectivity index (χ0n) is 46.7. The Morgan fingerprint density at radius 2 is 1.12 bits per heavy atom. The van der Waals surface area contributed by atoms with Gasteiger partial charge in [-0.2, -0.15) is 0 Å². The van der Waals surface area contributed by atoms with E-state index in [0.29, 0.717) is 45.2 Å². The third kappa shape index (κ3) is 24.3. The summed E-state index contributed by atoms with van der Waals surface area (Å²) in [6, 6.07) is -2.73. The van der Waals surface area contributed by atoms with Gasteiger partial charge in [-0.1, -0.05) is 85.5 Å². The van der Waals surface area contributed by atoms with E-state index >= 15 is 0 Å². The Bertz CT molecular complexity index is 1870. The molecule has 74 heavy (non-hydrogen) atoms. The fourth-order valence-corrected chi connectivity index (χ4v) is 8.83. The minimum absolute atomic E-state index is 0.0606. The molecule has 2 aliphatic heterocycles. The number of rotatable bonds is 34. The van der Waals surface area contributed by atoms with Gasteiger partial charge in [0.25, 0.3) is 0 Å². The van der Waals surface area contributed by atoms with E-state index in [1.54, 1.807) is 4.90 Å². The van der Waals surface area contributed by atoms with Crippen LogP contribution in [0.1, 0.15) is 185 Å². The molecule has 0 spiro atoms. The molecule has 10 amide bonds. The van der Waals surface area contributed by atoms with Crippen LogP contribution in [-0.4, -0.2) is 156 Å². The van der Waals surface area contributed by atoms with Crippen LogP contribution >= 0.6 is 0 Å². The third-order valence-electron chi connectivity index (χ3n) is 13.4. The van der Waals surface area contributed by atoms with E-state index in [4.69, 9.17) is 0 Å². The maximum Gasteiger partial charge on any atom is 0.246 e. The third-order valence-corrected chi connectivity index (χ3v) is 13.4. The molecule has 0 aromatic carbocycles. The Labute approximate surface area is 441 Å². The SMILES string of the molecule is CCCCCCCCC(NC(=O)C1CCCN1C(=O)CCCCC)C(=O)NCC(=O)NC(C)(C)C(=O)NCC(=O)N[C@@H](CC(C)C)C(=O)NC(C)(C)C(=O)NC(C)(C)C(=O)NCCC(=O)NCCN1CCCCC1. The van der Waals surface area contributed by atoms with Crippen molar-refractivity contribution in [1.29, 1.82) is 0 Å². The maximum atomic E-state index is 13.6. The van der Waals surface area contributed by atoms with Crippen molar-refractivity contribution in [3.05, 3.63) is 0 Å². The molecule has 21 nitrogen and oxygen atoms in total. The number of amides is 10. The topological polar surface area (TPSA) is 285 Å². The van der Waals surface area contributed by atoms with Crippen molar-refractivity contribution in [3.8, 4) is 0 Å². The van der Waals surface area contributed by atoms with Crippen molar-refractivity contribution < 1.29 is 47.9 Å². The van der Waals surface area contributed by atoms with Crippen LogP contribution in [0, 0.1) is 5.92 Å². The molecule has 3 atom stereocenters. The van der Waals surface area contributed by atoms with Gasteiger partial charge in [0.1, 0.15) is 34.7 Å². The molecule has 0 aromatic rings. The smallest absolute Gasteiger partial charge is 0.246 e. The highest BCUT2D eigenvalue weighted by Gasteiger charge is 2.39. The molecule has 2 unspecified atom stereocenters. The summed E-state index contributed by atoms with van der Waals surface area (Å²) in [5.74, 6) is -5.34. The molecule has 0 saturated carbocycles. The number of carbonyl (C=O) groups excluding carboxylic acids is 10. The molecule has 2 heterocycles. The van der Waals surface area contributed by atoms with Gasteiger partial charge in [-0.05, 0) is 105 Å². The number of likely N-dealkylation sites (tertiary alicyclic amines) is 2. The number of nitrogens with one attached hydrogen (secondary N) is 9. The van der Waals surface area contributed by atoms with Crippen LogP contribution in [0.2, 0.25) is 0 Å². The highest BCUT2D eigenvalue weighted by molar-refractivity contribution is 5.99. The first-order chi connectivity index (χ1) is 34.8. The highest BCUT2D eigenvalue weighted by Crippen LogP contribution is 2.21. The molecule has 2 aliphatic rings. The molecule has 422 valence electrons. The molecular formula is C53H95N11O10. The number of unbranched alkanes of at least 4 members (excludes halogenated alkanes) is 7. The average Bonchev–Trinajstić information content (AvgIpc) is 3.83. The Balaban J connectivity index is 1.92. The summed E-state index contributed by atoms with van der Waals surface area (Å²) >= 11 is 0. The summed E-state index contributed by atoms with van der Waals surface area (Å²) < 4.78 is 0. The van der Waals surface area contributed by atoms with Crippen LogP contribution in [0.4, 0.5) is 0 Å². The van der Waals surface area contributed by atoms with Crippen LogP contribution in [0.15, 0.2) is 0 Å². The fourth-order valence-electron chi connectivity index (χ4n) is 8.83. The Morgan fingerprint density at radius 3 is 1.78 bits per heavy atom. The Hall–Kier alpha value is -5.34. The quantitative estimate of drug-likeness (QED) is 0.0422. The van der Waals surface area contributed by atoms with E-state index in [2.05, 4.69) is 66.6 Å². The van der Waals surface area contributed by atoms with Gasteiger partial charge in [0.15, 0.2) is 0 Å². The summed E-state index contributed by atoms with van der Waals surface area (Å²) in [5, 5.41) is 24.0. The second-order valence-corrected chi connectivity index (χ2v) is 22.1. The molecule has 2 rings (SSSR count). The molecule has 9 N–H and O–H groups in total.